The summed E-state index contributed by atoms with van der Waals surface area (Å²) in [7, 11) is 0. The van der Waals surface area contributed by atoms with Gasteiger partial charge >= 0.3 is 0 Å². The largest absolute Gasteiger partial charge is 0.305 e. The van der Waals surface area contributed by atoms with Crippen LogP contribution in [0.15, 0.2) is 0 Å². The lowest BCUT2D eigenvalue weighted by atomic mass is 10.00. The number of hydrogen-bond acceptors (Lipinski definition) is 2. The minimum absolute atomic E-state index is 0.0375. The van der Waals surface area contributed by atoms with Crippen molar-refractivity contribution in [1.29, 1.82) is 5.41 Å². The fourth-order valence-corrected chi connectivity index (χ4v) is 1.55. The molecule has 0 aliphatic carbocycles. The molecule has 0 amide bonds. The van der Waals surface area contributed by atoms with Crippen molar-refractivity contribution in [2.45, 2.75) is 32.6 Å². The normalized spacial score (nSPS) is 12.5. The van der Waals surface area contributed by atoms with Crippen molar-refractivity contribution >= 4 is 34.6 Å². The molecule has 1 N–H and O–H groups in total. The Morgan fingerprint density at radius 3 is 2.67 bits per heavy atom. The first kappa shape index (κ1) is 12.1. The van der Waals surface area contributed by atoms with Crippen molar-refractivity contribution in [1.82, 2.24) is 0 Å². The second-order valence-electron chi connectivity index (χ2n) is 2.99. The Morgan fingerprint density at radius 1 is 1.50 bits per heavy atom. The van der Waals surface area contributed by atoms with Crippen molar-refractivity contribution in [3.8, 4) is 0 Å². The first-order valence-electron chi connectivity index (χ1n) is 4.32. The zero-order valence-electron chi connectivity index (χ0n) is 7.48. The Labute approximate surface area is 87.8 Å². The van der Waals surface area contributed by atoms with Gasteiger partial charge in [0.15, 0.2) is 5.78 Å². The minimum Gasteiger partial charge on any atom is -0.305 e. The van der Waals surface area contributed by atoms with Gasteiger partial charge in [-0.1, -0.05) is 42.4 Å². The second-order valence-corrected chi connectivity index (χ2v) is 4.06. The lowest BCUT2D eigenvalue weighted by molar-refractivity contribution is -0.115. The van der Waals surface area contributed by atoms with Crippen molar-refractivity contribution in [3.05, 3.63) is 0 Å². The van der Waals surface area contributed by atoms with Crippen LogP contribution in [-0.4, -0.2) is 16.4 Å². The van der Waals surface area contributed by atoms with E-state index in [9.17, 15) is 4.79 Å². The predicted octanol–water partition coefficient (Wildman–Crippen LogP) is 2.84. The van der Waals surface area contributed by atoms with Gasteiger partial charge in [0.25, 0.3) is 0 Å². The van der Waals surface area contributed by atoms with Crippen LogP contribution in [0.25, 0.3) is 0 Å². The lowest BCUT2D eigenvalue weighted by Crippen LogP contribution is -2.11. The maximum atomic E-state index is 10.9. The SMILES string of the molecule is C[C@@H](CCCCCI)C(=O)C=N. The predicted molar refractivity (Wildman–Crippen MR) is 60.3 cm³/mol. The molecule has 0 aromatic heterocycles. The molecule has 0 aliphatic rings. The zero-order chi connectivity index (χ0) is 9.40. The van der Waals surface area contributed by atoms with Gasteiger partial charge in [-0.3, -0.25) is 4.79 Å². The standard InChI is InChI=1S/C9H16INO/c1-8(9(12)7-11)5-3-2-4-6-10/h7-8,11H,2-6H2,1H3/t8-/m0/s1. The van der Waals surface area contributed by atoms with Crippen molar-refractivity contribution in [2.75, 3.05) is 4.43 Å². The average Bonchev–Trinajstić information content (AvgIpc) is 2.10. The fraction of sp³-hybridized carbons (Fsp3) is 0.778. The number of rotatable bonds is 7. The average molecular weight is 281 g/mol. The summed E-state index contributed by atoms with van der Waals surface area (Å²) in [5, 5.41) is 6.78. The molecule has 1 atom stereocenters. The lowest BCUT2D eigenvalue weighted by Gasteiger charge is -2.05. The van der Waals surface area contributed by atoms with Gasteiger partial charge in [-0.15, -0.1) is 0 Å². The summed E-state index contributed by atoms with van der Waals surface area (Å²) in [5.41, 5.74) is 0. The van der Waals surface area contributed by atoms with Gasteiger partial charge < -0.3 is 5.41 Å². The van der Waals surface area contributed by atoms with Crippen LogP contribution in [0.3, 0.4) is 0 Å². The maximum Gasteiger partial charge on any atom is 0.175 e. The molecule has 0 fully saturated rings. The molecule has 0 saturated carbocycles. The van der Waals surface area contributed by atoms with Gasteiger partial charge in [0, 0.05) is 5.92 Å². The molecule has 0 rings (SSSR count). The van der Waals surface area contributed by atoms with E-state index in [1.54, 1.807) is 0 Å². The second kappa shape index (κ2) is 7.71. The molecule has 0 aromatic rings. The molecule has 0 saturated heterocycles. The molecule has 0 aliphatic heterocycles. The van der Waals surface area contributed by atoms with Gasteiger partial charge in [-0.2, -0.15) is 0 Å². The summed E-state index contributed by atoms with van der Waals surface area (Å²) < 4.78 is 1.20. The van der Waals surface area contributed by atoms with E-state index in [0.717, 1.165) is 19.1 Å². The molecular weight excluding hydrogens is 265 g/mol. The molecule has 0 unspecified atom stereocenters. The summed E-state index contributed by atoms with van der Waals surface area (Å²) in [5.74, 6) is 0.0150. The first-order valence-corrected chi connectivity index (χ1v) is 5.85. The van der Waals surface area contributed by atoms with Crippen LogP contribution < -0.4 is 0 Å². The van der Waals surface area contributed by atoms with E-state index in [2.05, 4.69) is 22.6 Å². The molecule has 70 valence electrons. The van der Waals surface area contributed by atoms with E-state index in [4.69, 9.17) is 5.41 Å². The third-order valence-corrected chi connectivity index (χ3v) is 2.66. The number of Topliss-reactive ketones (excluding diaryl/α,β-unsaturated/α-hetero) is 1. The molecule has 0 radical (unpaired) electrons. The molecule has 0 aromatic carbocycles. The number of carbonyl (C=O) groups excluding carboxylic acids is 1. The third-order valence-electron chi connectivity index (χ3n) is 1.90. The molecule has 0 heterocycles. The van der Waals surface area contributed by atoms with Gasteiger partial charge in [0.2, 0.25) is 0 Å². The number of halogens is 1. The highest BCUT2D eigenvalue weighted by Gasteiger charge is 2.08. The van der Waals surface area contributed by atoms with Crippen LogP contribution in [0.1, 0.15) is 32.6 Å². The summed E-state index contributed by atoms with van der Waals surface area (Å²) in [6.45, 7) is 1.90. The van der Waals surface area contributed by atoms with Crippen LogP contribution in [0.2, 0.25) is 0 Å². The number of unbranched alkanes of at least 4 members (excludes halogenated alkanes) is 2. The van der Waals surface area contributed by atoms with Crippen LogP contribution in [-0.2, 0) is 4.79 Å². The van der Waals surface area contributed by atoms with Crippen LogP contribution >= 0.6 is 22.6 Å². The van der Waals surface area contributed by atoms with E-state index in [1.165, 1.54) is 17.3 Å². The highest BCUT2D eigenvalue weighted by atomic mass is 127. The Balaban J connectivity index is 3.37. The Morgan fingerprint density at radius 2 is 2.17 bits per heavy atom. The van der Waals surface area contributed by atoms with Crippen molar-refractivity contribution in [2.24, 2.45) is 5.92 Å². The number of nitrogens with one attached hydrogen (secondary N) is 1. The number of carbonyl (C=O) groups is 1. The molecule has 0 spiro atoms. The monoisotopic (exact) mass is 281 g/mol. The van der Waals surface area contributed by atoms with Crippen LogP contribution in [0.4, 0.5) is 0 Å². The zero-order valence-corrected chi connectivity index (χ0v) is 9.63. The molecular formula is C9H16INO. The van der Waals surface area contributed by atoms with Crippen molar-refractivity contribution in [3.63, 3.8) is 0 Å². The Hall–Kier alpha value is 0.0700. The highest BCUT2D eigenvalue weighted by molar-refractivity contribution is 14.1. The number of hydrogen-bond donors (Lipinski definition) is 1. The van der Waals surface area contributed by atoms with Crippen molar-refractivity contribution < 1.29 is 4.79 Å². The minimum atomic E-state index is -0.0375. The highest BCUT2D eigenvalue weighted by Crippen LogP contribution is 2.10. The topological polar surface area (TPSA) is 40.9 Å². The molecule has 3 heteroatoms. The molecule has 12 heavy (non-hydrogen) atoms. The molecule has 2 nitrogen and oxygen atoms in total. The van der Waals surface area contributed by atoms with E-state index >= 15 is 0 Å². The van der Waals surface area contributed by atoms with E-state index in [1.807, 2.05) is 6.92 Å². The Bertz CT molecular complexity index is 147. The summed E-state index contributed by atoms with van der Waals surface area (Å²) in [6.07, 6.45) is 5.43. The quantitative estimate of drug-likeness (QED) is 0.331. The third kappa shape index (κ3) is 5.69. The fourth-order valence-electron chi connectivity index (χ4n) is 1.01. The smallest absolute Gasteiger partial charge is 0.175 e. The number of alkyl halides is 1. The summed E-state index contributed by atoms with van der Waals surface area (Å²) in [6, 6.07) is 0. The first-order chi connectivity index (χ1) is 5.72. The maximum absolute atomic E-state index is 10.9. The van der Waals surface area contributed by atoms with Gasteiger partial charge in [-0.25, -0.2) is 0 Å². The van der Waals surface area contributed by atoms with Gasteiger partial charge in [0.1, 0.15) is 0 Å². The van der Waals surface area contributed by atoms with Gasteiger partial charge in [0.05, 0.1) is 6.21 Å². The van der Waals surface area contributed by atoms with E-state index in [0.29, 0.717) is 0 Å². The Kier molecular flexibility index (Phi) is 7.75. The van der Waals surface area contributed by atoms with Crippen LogP contribution in [0.5, 0.6) is 0 Å². The van der Waals surface area contributed by atoms with E-state index < -0.39 is 0 Å². The summed E-state index contributed by atoms with van der Waals surface area (Å²) >= 11 is 2.36. The van der Waals surface area contributed by atoms with Gasteiger partial charge in [-0.05, 0) is 17.3 Å². The number of ketones is 1. The van der Waals surface area contributed by atoms with Crippen LogP contribution in [0, 0.1) is 11.3 Å². The van der Waals surface area contributed by atoms with E-state index in [-0.39, 0.29) is 11.7 Å². The summed E-state index contributed by atoms with van der Waals surface area (Å²) in [4.78, 5) is 10.9. The molecule has 0 bridgehead atoms.